The molecule has 9 heteroatoms. The monoisotopic (exact) mass is 457 g/mol. The first-order chi connectivity index (χ1) is 15.5. The third-order valence-corrected chi connectivity index (χ3v) is 6.56. The molecule has 3 aromatic heterocycles. The highest BCUT2D eigenvalue weighted by Gasteiger charge is 2.33. The van der Waals surface area contributed by atoms with E-state index in [2.05, 4.69) is 10.1 Å². The Hall–Kier alpha value is -3.04. The van der Waals surface area contributed by atoms with E-state index >= 15 is 0 Å². The molecule has 0 atom stereocenters. The zero-order valence-electron chi connectivity index (χ0n) is 17.1. The van der Waals surface area contributed by atoms with E-state index in [-0.39, 0.29) is 12.8 Å². The van der Waals surface area contributed by atoms with Gasteiger partial charge in [0.05, 0.1) is 5.39 Å². The second-order valence-electron chi connectivity index (χ2n) is 7.83. The van der Waals surface area contributed by atoms with E-state index in [1.807, 2.05) is 22.4 Å². The third-order valence-electron chi connectivity index (χ3n) is 5.68. The van der Waals surface area contributed by atoms with Crippen LogP contribution in [-0.4, -0.2) is 47.3 Å². The summed E-state index contributed by atoms with van der Waals surface area (Å²) in [6, 6.07) is 10.9. The summed E-state index contributed by atoms with van der Waals surface area (Å²) < 4.78 is 39.5. The van der Waals surface area contributed by atoms with Crippen LogP contribution in [0.1, 0.15) is 12.8 Å². The standard InChI is InChI=1S/C23H21F2N3O3S/c24-23(25)4-6-28(7-5-23)8-9-30-16-1-2-20-17(11-16)18(27-29)12-21(31-20)19-13-22-15(14-26-19)3-10-32-22/h1-3,10-14,29H,4-9H2. The molecule has 1 aromatic carbocycles. The number of piperidine rings is 1. The number of pyridine rings is 1. The maximum Gasteiger partial charge on any atom is 0.250 e. The fourth-order valence-electron chi connectivity index (χ4n) is 3.83. The fourth-order valence-corrected chi connectivity index (χ4v) is 4.63. The van der Waals surface area contributed by atoms with Gasteiger partial charge in [0.2, 0.25) is 0 Å². The lowest BCUT2D eigenvalue weighted by molar-refractivity contribution is -0.0564. The molecule has 0 bridgehead atoms. The predicted octanol–water partition coefficient (Wildman–Crippen LogP) is 5.11. The highest BCUT2D eigenvalue weighted by atomic mass is 32.1. The van der Waals surface area contributed by atoms with Crippen molar-refractivity contribution < 1.29 is 23.1 Å². The van der Waals surface area contributed by atoms with Crippen LogP contribution in [0.3, 0.4) is 0 Å². The molecule has 1 aliphatic heterocycles. The molecule has 32 heavy (non-hydrogen) atoms. The zero-order valence-corrected chi connectivity index (χ0v) is 17.9. The summed E-state index contributed by atoms with van der Waals surface area (Å²) in [5.41, 5.74) is 1.19. The third kappa shape index (κ3) is 4.31. The van der Waals surface area contributed by atoms with Gasteiger partial charge in [-0.25, -0.2) is 8.78 Å². The minimum atomic E-state index is -2.55. The van der Waals surface area contributed by atoms with E-state index in [0.29, 0.717) is 59.8 Å². The number of rotatable bonds is 5. The van der Waals surface area contributed by atoms with E-state index in [1.165, 1.54) is 0 Å². The van der Waals surface area contributed by atoms with Crippen molar-refractivity contribution in [2.75, 3.05) is 26.2 Å². The number of fused-ring (bicyclic) bond motifs is 2. The van der Waals surface area contributed by atoms with Gasteiger partial charge in [-0.1, -0.05) is 5.16 Å². The molecule has 0 amide bonds. The minimum Gasteiger partial charge on any atom is -0.492 e. The Balaban J connectivity index is 1.34. The number of thiophene rings is 1. The van der Waals surface area contributed by atoms with Gasteiger partial charge in [-0.05, 0) is 35.7 Å². The molecule has 4 heterocycles. The number of benzene rings is 1. The van der Waals surface area contributed by atoms with Gasteiger partial charge in [0.1, 0.15) is 29.0 Å². The van der Waals surface area contributed by atoms with Crippen LogP contribution in [0.15, 0.2) is 57.5 Å². The van der Waals surface area contributed by atoms with Gasteiger partial charge in [-0.15, -0.1) is 11.3 Å². The van der Waals surface area contributed by atoms with Crippen LogP contribution in [0, 0.1) is 0 Å². The summed E-state index contributed by atoms with van der Waals surface area (Å²) in [6.07, 6.45) is 1.57. The smallest absolute Gasteiger partial charge is 0.250 e. The molecule has 0 spiro atoms. The molecule has 0 aliphatic carbocycles. The Morgan fingerprint density at radius 3 is 2.84 bits per heavy atom. The Kier molecular flexibility index (Phi) is 5.52. The fraction of sp³-hybridized carbons (Fsp3) is 0.304. The van der Waals surface area contributed by atoms with Gasteiger partial charge in [0.25, 0.3) is 5.92 Å². The number of nitrogens with zero attached hydrogens (tertiary/aromatic N) is 3. The first kappa shape index (κ1) is 20.8. The van der Waals surface area contributed by atoms with Gasteiger partial charge in [-0.3, -0.25) is 9.88 Å². The quantitative estimate of drug-likeness (QED) is 0.333. The van der Waals surface area contributed by atoms with Crippen molar-refractivity contribution in [1.29, 1.82) is 0 Å². The molecule has 1 saturated heterocycles. The van der Waals surface area contributed by atoms with Crippen molar-refractivity contribution in [3.63, 3.8) is 0 Å². The Bertz CT molecular complexity index is 1330. The number of alkyl halides is 2. The second-order valence-corrected chi connectivity index (χ2v) is 8.78. The van der Waals surface area contributed by atoms with E-state index in [4.69, 9.17) is 9.15 Å². The van der Waals surface area contributed by atoms with Crippen molar-refractivity contribution in [3.8, 4) is 17.2 Å². The minimum absolute atomic E-state index is 0.109. The lowest BCUT2D eigenvalue weighted by Gasteiger charge is -2.31. The van der Waals surface area contributed by atoms with E-state index in [9.17, 15) is 14.0 Å². The largest absolute Gasteiger partial charge is 0.492 e. The average molecular weight is 458 g/mol. The Labute approximate surface area is 186 Å². The van der Waals surface area contributed by atoms with Crippen molar-refractivity contribution in [3.05, 3.63) is 53.3 Å². The van der Waals surface area contributed by atoms with Crippen LogP contribution < -0.4 is 10.1 Å². The normalized spacial score (nSPS) is 17.2. The second kappa shape index (κ2) is 8.48. The highest BCUT2D eigenvalue weighted by Crippen LogP contribution is 2.29. The number of halogens is 2. The molecule has 6 nitrogen and oxygen atoms in total. The van der Waals surface area contributed by atoms with E-state index in [1.54, 1.807) is 41.8 Å². The van der Waals surface area contributed by atoms with Crippen LogP contribution in [0.2, 0.25) is 0 Å². The van der Waals surface area contributed by atoms with Gasteiger partial charge < -0.3 is 14.4 Å². The lowest BCUT2D eigenvalue weighted by Crippen LogP contribution is -2.41. The van der Waals surface area contributed by atoms with E-state index < -0.39 is 5.92 Å². The number of aromatic nitrogens is 1. The maximum atomic E-state index is 13.3. The molecular formula is C23H21F2N3O3S. The molecule has 166 valence electrons. The van der Waals surface area contributed by atoms with Crippen LogP contribution >= 0.6 is 11.3 Å². The first-order valence-electron chi connectivity index (χ1n) is 10.3. The molecule has 5 rings (SSSR count). The zero-order chi connectivity index (χ0) is 22.1. The summed E-state index contributed by atoms with van der Waals surface area (Å²) in [5.74, 6) is -1.46. The van der Waals surface area contributed by atoms with Crippen molar-refractivity contribution in [2.24, 2.45) is 5.16 Å². The number of hydrogen-bond acceptors (Lipinski definition) is 7. The Morgan fingerprint density at radius 2 is 2.03 bits per heavy atom. The molecule has 0 unspecified atom stereocenters. The van der Waals surface area contributed by atoms with Gasteiger partial charge in [-0.2, -0.15) is 0 Å². The number of hydrogen-bond donors (Lipinski definition) is 1. The summed E-state index contributed by atoms with van der Waals surface area (Å²) in [6.45, 7) is 1.69. The van der Waals surface area contributed by atoms with Crippen molar-refractivity contribution >= 4 is 32.4 Å². The summed E-state index contributed by atoms with van der Waals surface area (Å²) in [4.78, 5) is 6.43. The summed E-state index contributed by atoms with van der Waals surface area (Å²) >= 11 is 1.62. The number of likely N-dealkylation sites (tertiary alicyclic amines) is 1. The van der Waals surface area contributed by atoms with Crippen LogP contribution in [0.5, 0.6) is 5.75 Å². The lowest BCUT2D eigenvalue weighted by atomic mass is 10.1. The van der Waals surface area contributed by atoms with Crippen molar-refractivity contribution in [1.82, 2.24) is 9.88 Å². The van der Waals surface area contributed by atoms with E-state index in [0.717, 1.165) is 10.1 Å². The van der Waals surface area contributed by atoms with Crippen LogP contribution in [-0.2, 0) is 0 Å². The molecule has 4 aromatic rings. The van der Waals surface area contributed by atoms with Crippen molar-refractivity contribution in [2.45, 2.75) is 18.8 Å². The van der Waals surface area contributed by atoms with Crippen LogP contribution in [0.25, 0.3) is 32.5 Å². The molecule has 1 N–H and O–H groups in total. The van der Waals surface area contributed by atoms with Gasteiger partial charge in [0, 0.05) is 54.8 Å². The molecule has 0 radical (unpaired) electrons. The highest BCUT2D eigenvalue weighted by molar-refractivity contribution is 7.17. The van der Waals surface area contributed by atoms with Gasteiger partial charge >= 0.3 is 0 Å². The molecular weight excluding hydrogens is 436 g/mol. The Morgan fingerprint density at radius 1 is 1.19 bits per heavy atom. The molecule has 1 fully saturated rings. The topological polar surface area (TPSA) is 71.1 Å². The van der Waals surface area contributed by atoms with Crippen LogP contribution in [0.4, 0.5) is 8.78 Å². The molecule has 0 saturated carbocycles. The molecule has 1 aliphatic rings. The van der Waals surface area contributed by atoms with Gasteiger partial charge in [0.15, 0.2) is 5.76 Å². The summed E-state index contributed by atoms with van der Waals surface area (Å²) in [7, 11) is 0. The summed E-state index contributed by atoms with van der Waals surface area (Å²) in [5, 5.41) is 17.0. The average Bonchev–Trinajstić information content (AvgIpc) is 3.27. The first-order valence-corrected chi connectivity index (χ1v) is 11.2. The predicted molar refractivity (Wildman–Crippen MR) is 118 cm³/mol. The maximum absolute atomic E-state index is 13.3. The number of ether oxygens (including phenoxy) is 1. The SMILES string of the molecule is ON=c1cc(-c2cc3sccc3cn2)oc2ccc(OCCN3CCC(F)(F)CC3)cc12.